The third-order valence-corrected chi connectivity index (χ3v) is 7.23. The summed E-state index contributed by atoms with van der Waals surface area (Å²) in [4.78, 5) is 41.1. The van der Waals surface area contributed by atoms with Gasteiger partial charge in [-0.25, -0.2) is 4.79 Å². The van der Waals surface area contributed by atoms with E-state index in [1.54, 1.807) is 11.8 Å². The van der Waals surface area contributed by atoms with Crippen LogP contribution in [0.1, 0.15) is 78.9 Å². The van der Waals surface area contributed by atoms with E-state index in [4.69, 9.17) is 9.47 Å². The number of ether oxygens (including phenoxy) is 2. The molecule has 1 saturated carbocycles. The summed E-state index contributed by atoms with van der Waals surface area (Å²) in [6.45, 7) is 4.83. The maximum absolute atomic E-state index is 13.7. The Morgan fingerprint density at radius 3 is 2.47 bits per heavy atom. The molecule has 1 aromatic carbocycles. The molecule has 2 aliphatic rings. The topological polar surface area (TPSA) is 103 Å². The van der Waals surface area contributed by atoms with Crippen LogP contribution < -0.4 is 10.1 Å². The number of aromatic nitrogens is 2. The molecular formula is C27H36N4O5. The number of benzene rings is 1. The molecular weight excluding hydrogens is 460 g/mol. The molecule has 2 amide bonds. The summed E-state index contributed by atoms with van der Waals surface area (Å²) in [5.41, 5.74) is 0.218. The Labute approximate surface area is 212 Å². The van der Waals surface area contributed by atoms with E-state index in [-0.39, 0.29) is 35.8 Å². The van der Waals surface area contributed by atoms with E-state index < -0.39 is 11.5 Å². The summed E-state index contributed by atoms with van der Waals surface area (Å²) >= 11 is 0. The van der Waals surface area contributed by atoms with Gasteiger partial charge in [-0.3, -0.25) is 14.3 Å². The molecule has 1 unspecified atom stereocenters. The third-order valence-electron chi connectivity index (χ3n) is 7.23. The summed E-state index contributed by atoms with van der Waals surface area (Å²) in [7, 11) is 1.27. The predicted molar refractivity (Wildman–Crippen MR) is 134 cm³/mol. The molecule has 1 N–H and O–H groups in total. The van der Waals surface area contributed by atoms with Crippen molar-refractivity contribution in [3.05, 3.63) is 47.3 Å². The van der Waals surface area contributed by atoms with Crippen molar-refractivity contribution in [3.63, 3.8) is 0 Å². The average Bonchev–Trinajstić information content (AvgIpc) is 3.13. The van der Waals surface area contributed by atoms with E-state index in [1.807, 2.05) is 31.2 Å². The normalized spacial score (nSPS) is 20.4. The van der Waals surface area contributed by atoms with Crippen LogP contribution in [0.3, 0.4) is 0 Å². The zero-order valence-corrected chi connectivity index (χ0v) is 21.4. The predicted octanol–water partition coefficient (Wildman–Crippen LogP) is 3.36. The van der Waals surface area contributed by atoms with E-state index in [0.717, 1.165) is 37.0 Å². The van der Waals surface area contributed by atoms with Crippen LogP contribution in [0.5, 0.6) is 5.75 Å². The summed E-state index contributed by atoms with van der Waals surface area (Å²) < 4.78 is 11.8. The summed E-state index contributed by atoms with van der Waals surface area (Å²) in [6.07, 6.45) is 7.01. The largest absolute Gasteiger partial charge is 0.494 e. The molecule has 1 aliphatic heterocycles. The number of methoxy groups -OCH3 is 1. The first-order valence-electron chi connectivity index (χ1n) is 12.9. The second kappa shape index (κ2) is 11.1. The molecule has 1 fully saturated rings. The second-order valence-corrected chi connectivity index (χ2v) is 9.78. The van der Waals surface area contributed by atoms with Crippen molar-refractivity contribution in [2.45, 2.75) is 76.9 Å². The van der Waals surface area contributed by atoms with Gasteiger partial charge in [-0.1, -0.05) is 37.8 Å². The van der Waals surface area contributed by atoms with Gasteiger partial charge in [-0.15, -0.1) is 0 Å². The Hall–Kier alpha value is -3.36. The number of esters is 1. The van der Waals surface area contributed by atoms with E-state index in [9.17, 15) is 14.4 Å². The van der Waals surface area contributed by atoms with Crippen molar-refractivity contribution in [1.29, 1.82) is 0 Å². The minimum absolute atomic E-state index is 0.0562. The number of carbonyl (C=O) groups excluding carboxylic acids is 3. The standard InChI is InChI=1S/C27H36N4O5/c1-4-36-21-13-11-19(12-14-21)15-16-30-24(32)23-17-22(25(33)35-3)29-31(23)18-27(30,2)26(34)28-20-9-7-5-6-8-10-20/h11-14,17,20H,4-10,15-16,18H2,1-3H3,(H,28,34). The Balaban J connectivity index is 1.59. The van der Waals surface area contributed by atoms with Crippen LogP contribution in [0.25, 0.3) is 0 Å². The molecule has 9 heteroatoms. The van der Waals surface area contributed by atoms with E-state index >= 15 is 0 Å². The van der Waals surface area contributed by atoms with Gasteiger partial charge in [-0.2, -0.15) is 5.10 Å². The van der Waals surface area contributed by atoms with Crippen molar-refractivity contribution >= 4 is 17.8 Å². The Kier molecular flexibility index (Phi) is 7.96. The van der Waals surface area contributed by atoms with Crippen LogP contribution in [0.4, 0.5) is 0 Å². The number of rotatable bonds is 8. The number of nitrogens with zero attached hydrogens (tertiary/aromatic N) is 3. The molecule has 1 atom stereocenters. The van der Waals surface area contributed by atoms with Crippen molar-refractivity contribution in [3.8, 4) is 5.75 Å². The number of nitrogens with one attached hydrogen (secondary N) is 1. The van der Waals surface area contributed by atoms with Crippen LogP contribution in [0.2, 0.25) is 0 Å². The highest BCUT2D eigenvalue weighted by Gasteiger charge is 2.48. The summed E-state index contributed by atoms with van der Waals surface area (Å²) in [5.74, 6) is -0.332. The van der Waals surface area contributed by atoms with Crippen LogP contribution in [-0.4, -0.2) is 64.3 Å². The lowest BCUT2D eigenvalue weighted by Crippen LogP contribution is -2.65. The van der Waals surface area contributed by atoms with Crippen LogP contribution in [-0.2, 0) is 22.5 Å². The van der Waals surface area contributed by atoms with E-state index in [2.05, 4.69) is 10.4 Å². The molecule has 0 radical (unpaired) electrons. The van der Waals surface area contributed by atoms with Gasteiger partial charge in [0.05, 0.1) is 20.3 Å². The maximum atomic E-state index is 13.7. The summed E-state index contributed by atoms with van der Waals surface area (Å²) in [5, 5.41) is 7.52. The number of amides is 2. The highest BCUT2D eigenvalue weighted by atomic mass is 16.5. The molecule has 1 aromatic heterocycles. The molecule has 0 bridgehead atoms. The van der Waals surface area contributed by atoms with Crippen molar-refractivity contribution < 1.29 is 23.9 Å². The first kappa shape index (κ1) is 25.7. The number of carbonyl (C=O) groups is 3. The molecule has 2 aromatic rings. The molecule has 0 saturated heterocycles. The van der Waals surface area contributed by atoms with Crippen LogP contribution in [0, 0.1) is 0 Å². The second-order valence-electron chi connectivity index (χ2n) is 9.78. The molecule has 9 nitrogen and oxygen atoms in total. The lowest BCUT2D eigenvalue weighted by atomic mass is 9.93. The number of hydrogen-bond acceptors (Lipinski definition) is 6. The first-order valence-corrected chi connectivity index (χ1v) is 12.9. The van der Waals surface area contributed by atoms with Gasteiger partial charge in [-0.05, 0) is 50.8 Å². The number of hydrogen-bond donors (Lipinski definition) is 1. The van der Waals surface area contributed by atoms with E-state index in [0.29, 0.717) is 19.6 Å². The number of fused-ring (bicyclic) bond motifs is 1. The molecule has 4 rings (SSSR count). The van der Waals surface area contributed by atoms with Crippen LogP contribution >= 0.6 is 0 Å². The SMILES string of the molecule is CCOc1ccc(CCN2C(=O)c3cc(C(=O)OC)nn3CC2(C)C(=O)NC2CCCCCC2)cc1. The van der Waals surface area contributed by atoms with Crippen molar-refractivity contribution in [2.24, 2.45) is 0 Å². The quantitative estimate of drug-likeness (QED) is 0.444. The fourth-order valence-electron chi connectivity index (χ4n) is 5.12. The lowest BCUT2D eigenvalue weighted by molar-refractivity contribution is -0.133. The smallest absolute Gasteiger partial charge is 0.358 e. The van der Waals surface area contributed by atoms with Gasteiger partial charge in [0.25, 0.3) is 5.91 Å². The van der Waals surface area contributed by atoms with Gasteiger partial charge >= 0.3 is 5.97 Å². The zero-order chi connectivity index (χ0) is 25.7. The Bertz CT molecular complexity index is 1090. The fourth-order valence-corrected chi connectivity index (χ4v) is 5.12. The third kappa shape index (κ3) is 5.39. The van der Waals surface area contributed by atoms with Gasteiger partial charge in [0, 0.05) is 18.7 Å². The highest BCUT2D eigenvalue weighted by Crippen LogP contribution is 2.29. The van der Waals surface area contributed by atoms with Gasteiger partial charge < -0.3 is 19.7 Å². The van der Waals surface area contributed by atoms with E-state index in [1.165, 1.54) is 30.7 Å². The summed E-state index contributed by atoms with van der Waals surface area (Å²) in [6, 6.07) is 9.31. The molecule has 194 valence electrons. The average molecular weight is 497 g/mol. The monoisotopic (exact) mass is 496 g/mol. The minimum atomic E-state index is -1.15. The maximum Gasteiger partial charge on any atom is 0.358 e. The van der Waals surface area contributed by atoms with Gasteiger partial charge in [0.1, 0.15) is 17.0 Å². The first-order chi connectivity index (χ1) is 17.4. The molecule has 36 heavy (non-hydrogen) atoms. The molecule has 2 heterocycles. The molecule has 1 aliphatic carbocycles. The van der Waals surface area contributed by atoms with Gasteiger partial charge in [0.15, 0.2) is 5.69 Å². The Morgan fingerprint density at radius 1 is 1.14 bits per heavy atom. The van der Waals surface area contributed by atoms with Crippen molar-refractivity contribution in [1.82, 2.24) is 20.0 Å². The highest BCUT2D eigenvalue weighted by molar-refractivity contribution is 6.01. The fraction of sp³-hybridized carbons (Fsp3) is 0.556. The van der Waals surface area contributed by atoms with Crippen molar-refractivity contribution in [2.75, 3.05) is 20.3 Å². The van der Waals surface area contributed by atoms with Gasteiger partial charge in [0.2, 0.25) is 5.91 Å². The Morgan fingerprint density at radius 2 is 1.83 bits per heavy atom. The van der Waals surface area contributed by atoms with Crippen LogP contribution in [0.15, 0.2) is 30.3 Å². The minimum Gasteiger partial charge on any atom is -0.494 e. The molecule has 0 spiro atoms. The lowest BCUT2D eigenvalue weighted by Gasteiger charge is -2.44. The zero-order valence-electron chi connectivity index (χ0n) is 21.4.